The van der Waals surface area contributed by atoms with Crippen molar-refractivity contribution in [2.24, 2.45) is 5.92 Å². The van der Waals surface area contributed by atoms with Crippen molar-refractivity contribution in [3.63, 3.8) is 0 Å². The van der Waals surface area contributed by atoms with E-state index in [1.807, 2.05) is 63.2 Å². The minimum Gasteiger partial charge on any atom is -0.354 e. The fourth-order valence-corrected chi connectivity index (χ4v) is 5.26. The van der Waals surface area contributed by atoms with Gasteiger partial charge in [0.25, 0.3) is 0 Å². The molecule has 9 heteroatoms. The summed E-state index contributed by atoms with van der Waals surface area (Å²) in [6, 6.07) is 22.6. The summed E-state index contributed by atoms with van der Waals surface area (Å²) in [5.41, 5.74) is 2.86. The minimum absolute atomic E-state index is 0.0808. The van der Waals surface area contributed by atoms with Crippen LogP contribution >= 0.6 is 11.6 Å². The fraction of sp³-hybridized carbons (Fsp3) is 0.333. The summed E-state index contributed by atoms with van der Waals surface area (Å²) in [6.07, 6.45) is 1.33. The lowest BCUT2D eigenvalue weighted by Crippen LogP contribution is -2.53. The zero-order valence-electron chi connectivity index (χ0n) is 22.8. The van der Waals surface area contributed by atoms with Gasteiger partial charge >= 0.3 is 0 Å². The van der Waals surface area contributed by atoms with Crippen molar-refractivity contribution in [2.75, 3.05) is 23.7 Å². The summed E-state index contributed by atoms with van der Waals surface area (Å²) in [7, 11) is -3.81. The third-order valence-corrected chi connectivity index (χ3v) is 7.54. The second kappa shape index (κ2) is 13.6. The zero-order valence-corrected chi connectivity index (χ0v) is 24.4. The second-order valence-electron chi connectivity index (χ2n) is 10.1. The van der Waals surface area contributed by atoms with Gasteiger partial charge in [0.1, 0.15) is 12.6 Å². The number of benzene rings is 3. The number of sulfonamides is 1. The van der Waals surface area contributed by atoms with Crippen molar-refractivity contribution < 1.29 is 18.0 Å². The van der Waals surface area contributed by atoms with E-state index in [0.29, 0.717) is 17.3 Å². The largest absolute Gasteiger partial charge is 0.354 e. The van der Waals surface area contributed by atoms with Gasteiger partial charge in [0.15, 0.2) is 0 Å². The van der Waals surface area contributed by atoms with Crippen LogP contribution < -0.4 is 9.62 Å². The SMILES string of the molecule is Cc1cccc(N(CC(=O)N(Cc2cccc(Cl)c2)[C@H](Cc2ccccc2)C(=O)NCC(C)C)S(C)(=O)=O)c1. The lowest BCUT2D eigenvalue weighted by atomic mass is 10.0. The molecule has 0 saturated carbocycles. The molecule has 1 N–H and O–H groups in total. The van der Waals surface area contributed by atoms with Crippen LogP contribution in [0.1, 0.15) is 30.5 Å². The molecule has 0 aliphatic heterocycles. The van der Waals surface area contributed by atoms with Gasteiger partial charge in [-0.05, 0) is 53.8 Å². The zero-order chi connectivity index (χ0) is 28.6. The fourth-order valence-electron chi connectivity index (χ4n) is 4.21. The van der Waals surface area contributed by atoms with Gasteiger partial charge in [-0.2, -0.15) is 0 Å². The third-order valence-electron chi connectivity index (χ3n) is 6.17. The molecule has 0 radical (unpaired) electrons. The van der Waals surface area contributed by atoms with E-state index in [0.717, 1.165) is 27.3 Å². The number of hydrogen-bond acceptors (Lipinski definition) is 4. The first-order valence-electron chi connectivity index (χ1n) is 12.8. The minimum atomic E-state index is -3.81. The van der Waals surface area contributed by atoms with Gasteiger partial charge in [-0.25, -0.2) is 8.42 Å². The highest BCUT2D eigenvalue weighted by atomic mass is 35.5. The Morgan fingerprint density at radius 3 is 2.21 bits per heavy atom. The number of amides is 2. The Labute approximate surface area is 236 Å². The highest BCUT2D eigenvalue weighted by Gasteiger charge is 2.33. The predicted octanol–water partition coefficient (Wildman–Crippen LogP) is 4.83. The number of carbonyl (C=O) groups excluding carboxylic acids is 2. The molecule has 3 rings (SSSR count). The molecular formula is C30H36ClN3O4S. The molecular weight excluding hydrogens is 534 g/mol. The second-order valence-corrected chi connectivity index (χ2v) is 12.4. The molecule has 1 atom stereocenters. The summed E-state index contributed by atoms with van der Waals surface area (Å²) in [6.45, 7) is 5.91. The van der Waals surface area contributed by atoms with Crippen molar-refractivity contribution in [2.45, 2.75) is 39.8 Å². The normalized spacial score (nSPS) is 12.2. The first-order chi connectivity index (χ1) is 18.4. The standard InChI is InChI=1S/C30H36ClN3O4S/c1-22(2)19-32-30(36)28(18-24-11-6-5-7-12-24)33(20-25-13-9-14-26(31)17-25)29(35)21-34(39(4,37)38)27-15-8-10-23(3)16-27/h5-17,22,28H,18-21H2,1-4H3,(H,32,36)/t28-/m1/s1. The Kier molecular flexibility index (Phi) is 10.5. The van der Waals surface area contributed by atoms with E-state index in [9.17, 15) is 18.0 Å². The topological polar surface area (TPSA) is 86.8 Å². The van der Waals surface area contributed by atoms with E-state index >= 15 is 0 Å². The molecule has 208 valence electrons. The Hall–Kier alpha value is -3.36. The summed E-state index contributed by atoms with van der Waals surface area (Å²) in [4.78, 5) is 29.1. The Balaban J connectivity index is 2.05. The molecule has 7 nitrogen and oxygen atoms in total. The molecule has 39 heavy (non-hydrogen) atoms. The molecule has 2 amide bonds. The molecule has 0 unspecified atom stereocenters. The number of carbonyl (C=O) groups is 2. The monoisotopic (exact) mass is 569 g/mol. The van der Waals surface area contributed by atoms with E-state index in [1.165, 1.54) is 4.90 Å². The number of nitrogens with zero attached hydrogens (tertiary/aromatic N) is 2. The number of anilines is 1. The maximum atomic E-state index is 14.0. The maximum absolute atomic E-state index is 14.0. The van der Waals surface area contributed by atoms with E-state index in [1.54, 1.807) is 36.4 Å². The van der Waals surface area contributed by atoms with Crippen molar-refractivity contribution >= 4 is 39.1 Å². The van der Waals surface area contributed by atoms with E-state index in [2.05, 4.69) is 5.32 Å². The van der Waals surface area contributed by atoms with Gasteiger partial charge in [0.2, 0.25) is 21.8 Å². The molecule has 0 fully saturated rings. The van der Waals surface area contributed by atoms with Crippen LogP contribution in [0.5, 0.6) is 0 Å². The van der Waals surface area contributed by atoms with Crippen molar-refractivity contribution in [1.82, 2.24) is 10.2 Å². The van der Waals surface area contributed by atoms with Gasteiger partial charge in [-0.1, -0.05) is 80.0 Å². The lowest BCUT2D eigenvalue weighted by Gasteiger charge is -2.33. The smallest absolute Gasteiger partial charge is 0.244 e. The molecule has 3 aromatic carbocycles. The van der Waals surface area contributed by atoms with Gasteiger partial charge < -0.3 is 10.2 Å². The summed E-state index contributed by atoms with van der Waals surface area (Å²) < 4.78 is 26.8. The van der Waals surface area contributed by atoms with Crippen LogP contribution in [0.4, 0.5) is 5.69 Å². The molecule has 0 saturated heterocycles. The highest BCUT2D eigenvalue weighted by Crippen LogP contribution is 2.22. The highest BCUT2D eigenvalue weighted by molar-refractivity contribution is 7.92. The van der Waals surface area contributed by atoms with E-state index < -0.39 is 28.5 Å². The van der Waals surface area contributed by atoms with Gasteiger partial charge in [0.05, 0.1) is 11.9 Å². The van der Waals surface area contributed by atoms with Crippen molar-refractivity contribution in [3.8, 4) is 0 Å². The van der Waals surface area contributed by atoms with E-state index in [4.69, 9.17) is 11.6 Å². The molecule has 0 heterocycles. The quantitative estimate of drug-likeness (QED) is 0.338. The van der Waals surface area contributed by atoms with Crippen LogP contribution in [-0.2, 0) is 32.6 Å². The van der Waals surface area contributed by atoms with Gasteiger partial charge in [-0.15, -0.1) is 0 Å². The Morgan fingerprint density at radius 1 is 0.923 bits per heavy atom. The molecule has 0 bridgehead atoms. The Bertz CT molecular complexity index is 1380. The maximum Gasteiger partial charge on any atom is 0.244 e. The molecule has 0 aliphatic rings. The van der Waals surface area contributed by atoms with Crippen molar-refractivity contribution in [1.29, 1.82) is 0 Å². The number of rotatable bonds is 12. The first-order valence-corrected chi connectivity index (χ1v) is 15.1. The van der Waals surface area contributed by atoms with Crippen LogP contribution in [0.3, 0.4) is 0 Å². The number of hydrogen-bond donors (Lipinski definition) is 1. The van der Waals surface area contributed by atoms with Crippen LogP contribution in [0.2, 0.25) is 5.02 Å². The number of nitrogens with one attached hydrogen (secondary N) is 1. The average Bonchev–Trinajstić information content (AvgIpc) is 2.87. The average molecular weight is 570 g/mol. The summed E-state index contributed by atoms with van der Waals surface area (Å²) in [5, 5.41) is 3.47. The van der Waals surface area contributed by atoms with Crippen LogP contribution in [0.25, 0.3) is 0 Å². The van der Waals surface area contributed by atoms with Crippen LogP contribution in [0, 0.1) is 12.8 Å². The lowest BCUT2D eigenvalue weighted by molar-refractivity contribution is -0.140. The summed E-state index contributed by atoms with van der Waals surface area (Å²) >= 11 is 6.23. The molecule has 0 aromatic heterocycles. The van der Waals surface area contributed by atoms with E-state index in [-0.39, 0.29) is 24.8 Å². The van der Waals surface area contributed by atoms with Crippen LogP contribution in [-0.4, -0.2) is 50.5 Å². The molecule has 0 spiro atoms. The summed E-state index contributed by atoms with van der Waals surface area (Å²) in [5.74, 6) is -0.586. The third kappa shape index (κ3) is 9.11. The molecule has 0 aliphatic carbocycles. The van der Waals surface area contributed by atoms with Crippen molar-refractivity contribution in [3.05, 3.63) is 101 Å². The predicted molar refractivity (Wildman–Crippen MR) is 157 cm³/mol. The Morgan fingerprint density at radius 2 is 1.59 bits per heavy atom. The van der Waals surface area contributed by atoms with Crippen LogP contribution in [0.15, 0.2) is 78.9 Å². The first kappa shape index (κ1) is 30.2. The molecule has 3 aromatic rings. The van der Waals surface area contributed by atoms with Gasteiger partial charge in [0, 0.05) is 24.5 Å². The number of aryl methyl sites for hydroxylation is 1. The number of halogens is 1. The van der Waals surface area contributed by atoms with Gasteiger partial charge in [-0.3, -0.25) is 13.9 Å².